The molecule has 3 N–H and O–H groups in total. The Morgan fingerprint density at radius 1 is 0.960 bits per heavy atom. The molecule has 0 spiro atoms. The highest BCUT2D eigenvalue weighted by atomic mass is 35.5. The van der Waals surface area contributed by atoms with Gasteiger partial charge in [-0.3, -0.25) is 9.69 Å². The van der Waals surface area contributed by atoms with E-state index in [2.05, 4.69) is 10.2 Å². The molecule has 272 valence electrons. The van der Waals surface area contributed by atoms with Gasteiger partial charge in [-0.15, -0.1) is 0 Å². The number of halogens is 4. The van der Waals surface area contributed by atoms with Crippen LogP contribution in [0.15, 0.2) is 36.4 Å². The van der Waals surface area contributed by atoms with Crippen LogP contribution in [0.5, 0.6) is 0 Å². The monoisotopic (exact) mass is 720 g/mol. The number of para-hydroxylation sites is 1. The number of likely N-dealkylation sites (tertiary alicyclic amines) is 1. The van der Waals surface area contributed by atoms with Gasteiger partial charge in [-0.25, -0.2) is 9.59 Å². The lowest BCUT2D eigenvalue weighted by Gasteiger charge is -2.38. The lowest BCUT2D eigenvalue weighted by molar-refractivity contribution is -0.140. The average molecular weight is 721 g/mol. The van der Waals surface area contributed by atoms with E-state index >= 15 is 0 Å². The first-order valence-electron chi connectivity index (χ1n) is 17.3. The van der Waals surface area contributed by atoms with Gasteiger partial charge in [0, 0.05) is 83.2 Å². The number of anilines is 2. The molecule has 0 radical (unpaired) electrons. The van der Waals surface area contributed by atoms with E-state index in [9.17, 15) is 27.6 Å². The highest BCUT2D eigenvalue weighted by Crippen LogP contribution is 2.38. The minimum atomic E-state index is -4.77. The molecule has 2 aromatic rings. The van der Waals surface area contributed by atoms with E-state index in [-0.39, 0.29) is 42.2 Å². The lowest BCUT2D eigenvalue weighted by Crippen LogP contribution is -2.51. The molecule has 15 heteroatoms. The van der Waals surface area contributed by atoms with Crippen LogP contribution in [-0.4, -0.2) is 115 Å². The van der Waals surface area contributed by atoms with Crippen LogP contribution in [0, 0.1) is 0 Å². The third-order valence-electron chi connectivity index (χ3n) is 10.3. The largest absolute Gasteiger partial charge is 0.436 e. The van der Waals surface area contributed by atoms with Gasteiger partial charge in [0.05, 0.1) is 16.3 Å². The summed E-state index contributed by atoms with van der Waals surface area (Å²) in [4.78, 5) is 48.1. The molecule has 0 unspecified atom stereocenters. The molecule has 50 heavy (non-hydrogen) atoms. The number of alkyl halides is 3. The van der Waals surface area contributed by atoms with Crippen LogP contribution >= 0.6 is 11.6 Å². The Bertz CT molecular complexity index is 1550. The van der Waals surface area contributed by atoms with Crippen LogP contribution in [0.3, 0.4) is 0 Å². The summed E-state index contributed by atoms with van der Waals surface area (Å²) in [5.41, 5.74) is 5.88. The van der Waals surface area contributed by atoms with Gasteiger partial charge in [0.15, 0.2) is 6.10 Å². The van der Waals surface area contributed by atoms with Gasteiger partial charge < -0.3 is 35.2 Å². The van der Waals surface area contributed by atoms with Crippen molar-refractivity contribution in [3.05, 3.63) is 58.1 Å². The Hall–Kier alpha value is -3.75. The molecular formula is C35H44ClF3N6O5. The molecule has 4 aliphatic rings. The molecule has 0 aliphatic carbocycles. The predicted molar refractivity (Wildman–Crippen MR) is 182 cm³/mol. The quantitative estimate of drug-likeness (QED) is 0.391. The molecule has 6 rings (SSSR count). The summed E-state index contributed by atoms with van der Waals surface area (Å²) < 4.78 is 52.8. The molecule has 11 nitrogen and oxygen atoms in total. The van der Waals surface area contributed by atoms with Crippen LogP contribution in [-0.2, 0) is 33.3 Å². The highest BCUT2D eigenvalue weighted by Gasteiger charge is 2.38. The number of amides is 4. The summed E-state index contributed by atoms with van der Waals surface area (Å²) in [7, 11) is 0. The van der Waals surface area contributed by atoms with Gasteiger partial charge >= 0.3 is 18.3 Å². The van der Waals surface area contributed by atoms with Crippen molar-refractivity contribution in [2.45, 2.75) is 69.3 Å². The number of carbonyl (C=O) groups excluding carboxylic acids is 3. The number of carbonyl (C=O) groups is 3. The normalized spacial score (nSPS) is 20.8. The molecule has 3 fully saturated rings. The van der Waals surface area contributed by atoms with E-state index in [1.807, 2.05) is 24.3 Å². The van der Waals surface area contributed by atoms with Crippen LogP contribution in [0.2, 0.25) is 5.02 Å². The standard InChI is InChI=1S/C35H44ClF3N6O5/c36-28-21-23(20-27(31(28)40)35(37,38)39)22-30(32(46)43-12-3-11-42(16-17-43)25-9-18-49-19-10-25)50-34(48)44-13-7-26(8-14-44)45-15-6-24-4-1-2-5-29(24)41-33(45)47/h1-2,4-5,20-21,25-26,30H,3,6-19,22,40H2,(H,41,47)/t30-/m1/s1. The topological polar surface area (TPSA) is 121 Å². The number of nitrogen functional groups attached to an aromatic ring is 1. The van der Waals surface area contributed by atoms with E-state index in [0.717, 1.165) is 36.7 Å². The second-order valence-electron chi connectivity index (χ2n) is 13.4. The van der Waals surface area contributed by atoms with Gasteiger partial charge in [-0.2, -0.15) is 13.2 Å². The molecule has 4 amide bonds. The number of nitrogens with one attached hydrogen (secondary N) is 1. The number of rotatable bonds is 6. The van der Waals surface area contributed by atoms with Gasteiger partial charge in [-0.1, -0.05) is 29.8 Å². The summed E-state index contributed by atoms with van der Waals surface area (Å²) in [6, 6.07) is 9.91. The fraction of sp³-hybridized carbons (Fsp3) is 0.571. The lowest BCUT2D eigenvalue weighted by atomic mass is 10.0. The van der Waals surface area contributed by atoms with Crippen molar-refractivity contribution in [1.29, 1.82) is 0 Å². The zero-order valence-electron chi connectivity index (χ0n) is 27.9. The Balaban J connectivity index is 1.14. The number of piperidine rings is 1. The summed E-state index contributed by atoms with van der Waals surface area (Å²) >= 11 is 6.12. The number of benzene rings is 2. The number of ether oxygens (including phenoxy) is 2. The zero-order chi connectivity index (χ0) is 35.4. The molecule has 2 aromatic carbocycles. The van der Waals surface area contributed by atoms with Crippen molar-refractivity contribution in [2.75, 3.05) is 70.1 Å². The summed E-state index contributed by atoms with van der Waals surface area (Å²) in [6.45, 7) is 4.77. The number of hydrogen-bond acceptors (Lipinski definition) is 7. The van der Waals surface area contributed by atoms with Crippen molar-refractivity contribution < 1.29 is 37.0 Å². The van der Waals surface area contributed by atoms with E-state index in [0.29, 0.717) is 71.1 Å². The van der Waals surface area contributed by atoms with Crippen molar-refractivity contribution >= 4 is 41.0 Å². The number of nitrogens with zero attached hydrogens (tertiary/aromatic N) is 4. The predicted octanol–water partition coefficient (Wildman–Crippen LogP) is 5.26. The SMILES string of the molecule is Nc1c(Cl)cc(C[C@@H](OC(=O)N2CCC(N3CCc4ccccc4NC3=O)CC2)C(=O)N2CCCN(C3CCOCC3)CC2)cc1C(F)(F)F. The Morgan fingerprint density at radius 2 is 1.70 bits per heavy atom. The number of fused-ring (bicyclic) bond motifs is 1. The van der Waals surface area contributed by atoms with E-state index in [1.165, 1.54) is 11.0 Å². The molecular weight excluding hydrogens is 677 g/mol. The molecule has 0 aromatic heterocycles. The van der Waals surface area contributed by atoms with Crippen LogP contribution in [0.4, 0.5) is 34.1 Å². The fourth-order valence-corrected chi connectivity index (χ4v) is 7.73. The molecule has 1 atom stereocenters. The Morgan fingerprint density at radius 3 is 2.44 bits per heavy atom. The molecule has 3 saturated heterocycles. The van der Waals surface area contributed by atoms with Crippen LogP contribution in [0.1, 0.15) is 48.8 Å². The van der Waals surface area contributed by atoms with E-state index < -0.39 is 35.5 Å². The third kappa shape index (κ3) is 8.40. The zero-order valence-corrected chi connectivity index (χ0v) is 28.7. The van der Waals surface area contributed by atoms with Gasteiger partial charge in [-0.05, 0) is 67.9 Å². The Labute approximate surface area is 294 Å². The van der Waals surface area contributed by atoms with Crippen LogP contribution in [0.25, 0.3) is 0 Å². The molecule has 0 bridgehead atoms. The second-order valence-corrected chi connectivity index (χ2v) is 13.8. The summed E-state index contributed by atoms with van der Waals surface area (Å²) in [5.74, 6) is -0.468. The first-order chi connectivity index (χ1) is 24.0. The highest BCUT2D eigenvalue weighted by molar-refractivity contribution is 6.33. The first kappa shape index (κ1) is 36.1. The van der Waals surface area contributed by atoms with Gasteiger partial charge in [0.1, 0.15) is 0 Å². The minimum Gasteiger partial charge on any atom is -0.436 e. The van der Waals surface area contributed by atoms with Gasteiger partial charge in [0.25, 0.3) is 5.91 Å². The van der Waals surface area contributed by atoms with E-state index in [1.54, 1.807) is 9.80 Å². The fourth-order valence-electron chi connectivity index (χ4n) is 7.49. The second kappa shape index (κ2) is 15.6. The van der Waals surface area contributed by atoms with Crippen molar-refractivity contribution in [3.63, 3.8) is 0 Å². The number of hydrogen-bond donors (Lipinski definition) is 2. The average Bonchev–Trinajstić information content (AvgIpc) is 3.45. The maximum Gasteiger partial charge on any atom is 0.418 e. The summed E-state index contributed by atoms with van der Waals surface area (Å²) in [5, 5.41) is 2.69. The van der Waals surface area contributed by atoms with Crippen molar-refractivity contribution in [3.8, 4) is 0 Å². The first-order valence-corrected chi connectivity index (χ1v) is 17.7. The number of nitrogens with two attached hydrogens (primary N) is 1. The van der Waals surface area contributed by atoms with Crippen molar-refractivity contribution in [1.82, 2.24) is 19.6 Å². The maximum absolute atomic E-state index is 14.1. The molecule has 0 saturated carbocycles. The third-order valence-corrected chi connectivity index (χ3v) is 10.6. The minimum absolute atomic E-state index is 0.0770. The Kier molecular flexibility index (Phi) is 11.3. The van der Waals surface area contributed by atoms with E-state index in [4.69, 9.17) is 26.8 Å². The molecule has 4 aliphatic heterocycles. The van der Waals surface area contributed by atoms with Gasteiger partial charge in [0.2, 0.25) is 0 Å². The maximum atomic E-state index is 14.1. The van der Waals surface area contributed by atoms with Crippen LogP contribution < -0.4 is 11.1 Å². The molecule has 4 heterocycles. The smallest absolute Gasteiger partial charge is 0.418 e. The summed E-state index contributed by atoms with van der Waals surface area (Å²) in [6.07, 6.45) is -2.93. The number of urea groups is 1. The van der Waals surface area contributed by atoms with Crippen molar-refractivity contribution in [2.24, 2.45) is 0 Å².